The quantitative estimate of drug-likeness (QED) is 0.422. The van der Waals surface area contributed by atoms with Gasteiger partial charge in [-0.1, -0.05) is 60.7 Å². The largest absolute Gasteiger partial charge is 0.364 e. The van der Waals surface area contributed by atoms with Gasteiger partial charge in [-0.2, -0.15) is 0 Å². The van der Waals surface area contributed by atoms with Crippen molar-refractivity contribution in [1.82, 2.24) is 15.2 Å². The number of hydrogen-bond donors (Lipinski definition) is 3. The number of nitrogens with one attached hydrogen (secondary N) is 1. The molecular formula is C26H29N5O3S. The zero-order valence-electron chi connectivity index (χ0n) is 19.3. The summed E-state index contributed by atoms with van der Waals surface area (Å²) in [6.07, 6.45) is 2.26. The van der Waals surface area contributed by atoms with Crippen molar-refractivity contribution in [3.05, 3.63) is 87.9 Å². The van der Waals surface area contributed by atoms with E-state index in [4.69, 9.17) is 11.5 Å². The lowest BCUT2D eigenvalue weighted by Crippen LogP contribution is -2.53. The maximum Gasteiger partial charge on any atom is 0.268 e. The average Bonchev–Trinajstić information content (AvgIpc) is 3.54. The highest BCUT2D eigenvalue weighted by Gasteiger charge is 2.37. The van der Waals surface area contributed by atoms with Crippen LogP contribution in [0.1, 0.15) is 45.5 Å². The topological polar surface area (TPSA) is 131 Å². The first-order valence-corrected chi connectivity index (χ1v) is 12.5. The molecule has 1 aromatic heterocycles. The second kappa shape index (κ2) is 11.2. The number of benzene rings is 2. The van der Waals surface area contributed by atoms with E-state index in [1.54, 1.807) is 10.3 Å². The molecule has 4 rings (SSSR count). The first-order valence-electron chi connectivity index (χ1n) is 11.6. The van der Waals surface area contributed by atoms with E-state index in [-0.39, 0.29) is 23.6 Å². The second-order valence-corrected chi connectivity index (χ2v) is 9.56. The third-order valence-electron chi connectivity index (χ3n) is 6.13. The van der Waals surface area contributed by atoms with E-state index in [1.165, 1.54) is 11.3 Å². The van der Waals surface area contributed by atoms with Crippen molar-refractivity contribution < 1.29 is 14.4 Å². The Morgan fingerprint density at radius 1 is 1.03 bits per heavy atom. The van der Waals surface area contributed by atoms with E-state index in [0.29, 0.717) is 24.4 Å². The first-order chi connectivity index (χ1) is 16.9. The van der Waals surface area contributed by atoms with Crippen LogP contribution in [-0.2, 0) is 22.4 Å². The number of amides is 3. The predicted molar refractivity (Wildman–Crippen MR) is 135 cm³/mol. The van der Waals surface area contributed by atoms with Crippen molar-refractivity contribution in [2.24, 2.45) is 11.5 Å². The van der Waals surface area contributed by atoms with Crippen molar-refractivity contribution in [2.75, 3.05) is 6.54 Å². The van der Waals surface area contributed by atoms with Gasteiger partial charge in [-0.15, -0.1) is 11.3 Å². The van der Waals surface area contributed by atoms with Crippen LogP contribution in [0, 0.1) is 0 Å². The van der Waals surface area contributed by atoms with Crippen LogP contribution in [0.15, 0.2) is 66.0 Å². The van der Waals surface area contributed by atoms with Crippen LogP contribution in [0.25, 0.3) is 0 Å². The second-order valence-electron chi connectivity index (χ2n) is 8.67. The summed E-state index contributed by atoms with van der Waals surface area (Å²) in [5.74, 6) is -1.15. The molecule has 3 atom stereocenters. The molecule has 182 valence electrons. The van der Waals surface area contributed by atoms with Crippen molar-refractivity contribution in [2.45, 2.75) is 43.8 Å². The van der Waals surface area contributed by atoms with Gasteiger partial charge in [-0.3, -0.25) is 14.4 Å². The Morgan fingerprint density at radius 3 is 2.26 bits per heavy atom. The highest BCUT2D eigenvalue weighted by molar-refractivity contribution is 7.09. The molecule has 0 unspecified atom stereocenters. The van der Waals surface area contributed by atoms with Crippen LogP contribution >= 0.6 is 11.3 Å². The molecule has 0 aliphatic carbocycles. The van der Waals surface area contributed by atoms with Gasteiger partial charge >= 0.3 is 0 Å². The van der Waals surface area contributed by atoms with Gasteiger partial charge in [0.2, 0.25) is 11.8 Å². The Kier molecular flexibility index (Phi) is 7.89. The van der Waals surface area contributed by atoms with Gasteiger partial charge in [-0.05, 0) is 30.4 Å². The smallest absolute Gasteiger partial charge is 0.268 e. The molecule has 35 heavy (non-hydrogen) atoms. The number of likely N-dealkylation sites (tertiary alicyclic amines) is 1. The number of carbonyl (C=O) groups is 3. The fraction of sp³-hybridized carbons (Fsp3) is 0.308. The summed E-state index contributed by atoms with van der Waals surface area (Å²) in [6, 6.07) is 17.3. The van der Waals surface area contributed by atoms with E-state index in [0.717, 1.165) is 24.0 Å². The van der Waals surface area contributed by atoms with E-state index in [2.05, 4.69) is 10.3 Å². The van der Waals surface area contributed by atoms with E-state index >= 15 is 0 Å². The number of primary amides is 1. The van der Waals surface area contributed by atoms with Crippen molar-refractivity contribution in [3.8, 4) is 0 Å². The number of nitrogens with two attached hydrogens (primary N) is 2. The highest BCUT2D eigenvalue weighted by Crippen LogP contribution is 2.34. The maximum atomic E-state index is 13.7. The van der Waals surface area contributed by atoms with Gasteiger partial charge in [0.1, 0.15) is 16.7 Å². The third-order valence-corrected chi connectivity index (χ3v) is 7.07. The number of nitrogens with zero attached hydrogens (tertiary/aromatic N) is 2. The molecule has 3 aromatic rings. The van der Waals surface area contributed by atoms with Crippen LogP contribution in [-0.4, -0.2) is 46.2 Å². The molecule has 0 saturated carbocycles. The molecule has 5 N–H and O–H groups in total. The number of thiazole rings is 1. The summed E-state index contributed by atoms with van der Waals surface area (Å²) in [5.41, 5.74) is 13.6. The Labute approximate surface area is 208 Å². The SMILES string of the molecule is NC(=O)c1csc([C@@H]2CCCN2C(=O)[C@H](Cc2ccccc2)NC(=O)[C@@H](N)Cc2ccccc2)n1. The Hall–Kier alpha value is -3.56. The Bertz CT molecular complexity index is 1170. The van der Waals surface area contributed by atoms with Crippen molar-refractivity contribution in [3.63, 3.8) is 0 Å². The standard InChI is InChI=1S/C26H29N5O3S/c27-19(14-17-8-3-1-4-9-17)24(33)29-20(15-18-10-5-2-6-11-18)26(34)31-13-7-12-22(31)25-30-21(16-35-25)23(28)32/h1-6,8-11,16,19-20,22H,7,12-15,27H2,(H2,28,32)(H,29,33)/t19-,20-,22-/m0/s1. The van der Waals surface area contributed by atoms with Crippen LogP contribution < -0.4 is 16.8 Å². The van der Waals surface area contributed by atoms with E-state index in [9.17, 15) is 14.4 Å². The minimum atomic E-state index is -0.782. The monoisotopic (exact) mass is 491 g/mol. The molecular weight excluding hydrogens is 462 g/mol. The molecule has 1 aliphatic heterocycles. The fourth-order valence-electron chi connectivity index (χ4n) is 4.33. The van der Waals surface area contributed by atoms with E-state index < -0.39 is 18.0 Å². The molecule has 1 saturated heterocycles. The first kappa shape index (κ1) is 24.6. The maximum absolute atomic E-state index is 13.7. The normalized spacial score (nSPS) is 17.1. The minimum Gasteiger partial charge on any atom is -0.364 e. The summed E-state index contributed by atoms with van der Waals surface area (Å²) in [4.78, 5) is 44.4. The fourth-order valence-corrected chi connectivity index (χ4v) is 5.29. The Balaban J connectivity index is 1.52. The summed E-state index contributed by atoms with van der Waals surface area (Å²) in [6.45, 7) is 0.548. The third kappa shape index (κ3) is 6.12. The summed E-state index contributed by atoms with van der Waals surface area (Å²) >= 11 is 1.32. The lowest BCUT2D eigenvalue weighted by molar-refractivity contribution is -0.137. The van der Waals surface area contributed by atoms with E-state index in [1.807, 2.05) is 60.7 Å². The minimum absolute atomic E-state index is 0.188. The highest BCUT2D eigenvalue weighted by atomic mass is 32.1. The molecule has 0 spiro atoms. The molecule has 8 nitrogen and oxygen atoms in total. The molecule has 1 fully saturated rings. The zero-order chi connectivity index (χ0) is 24.8. The number of carbonyl (C=O) groups excluding carboxylic acids is 3. The van der Waals surface area contributed by atoms with Gasteiger partial charge in [-0.25, -0.2) is 4.98 Å². The van der Waals surface area contributed by atoms with Gasteiger partial charge < -0.3 is 21.7 Å². The molecule has 3 amide bonds. The van der Waals surface area contributed by atoms with Gasteiger partial charge in [0.25, 0.3) is 5.91 Å². The number of hydrogen-bond acceptors (Lipinski definition) is 6. The molecule has 0 radical (unpaired) electrons. The van der Waals surface area contributed by atoms with Crippen molar-refractivity contribution >= 4 is 29.1 Å². The van der Waals surface area contributed by atoms with Crippen LogP contribution in [0.2, 0.25) is 0 Å². The molecule has 0 bridgehead atoms. The summed E-state index contributed by atoms with van der Waals surface area (Å²) in [7, 11) is 0. The van der Waals surface area contributed by atoms with Crippen LogP contribution in [0.5, 0.6) is 0 Å². The molecule has 2 aromatic carbocycles. The lowest BCUT2D eigenvalue weighted by Gasteiger charge is -2.29. The van der Waals surface area contributed by atoms with Gasteiger partial charge in [0.05, 0.1) is 12.1 Å². The average molecular weight is 492 g/mol. The Morgan fingerprint density at radius 2 is 1.66 bits per heavy atom. The van der Waals surface area contributed by atoms with Gasteiger partial charge in [0, 0.05) is 18.3 Å². The zero-order valence-corrected chi connectivity index (χ0v) is 20.1. The number of aromatic nitrogens is 1. The van der Waals surface area contributed by atoms with Crippen molar-refractivity contribution in [1.29, 1.82) is 0 Å². The van der Waals surface area contributed by atoms with Crippen LogP contribution in [0.4, 0.5) is 0 Å². The van der Waals surface area contributed by atoms with Crippen LogP contribution in [0.3, 0.4) is 0 Å². The lowest BCUT2D eigenvalue weighted by atomic mass is 10.0. The van der Waals surface area contributed by atoms with Gasteiger partial charge in [0.15, 0.2) is 0 Å². The molecule has 1 aliphatic rings. The molecule has 2 heterocycles. The summed E-state index contributed by atoms with van der Waals surface area (Å²) < 4.78 is 0. The molecule has 9 heteroatoms. The predicted octanol–water partition coefficient (Wildman–Crippen LogP) is 2.20. The summed E-state index contributed by atoms with van der Waals surface area (Å²) in [5, 5.41) is 5.20. The number of rotatable bonds is 9.